The zero-order valence-electron chi connectivity index (χ0n) is 15.0. The highest BCUT2D eigenvalue weighted by molar-refractivity contribution is 7.00. The van der Waals surface area contributed by atoms with Crippen LogP contribution in [-0.4, -0.2) is 27.2 Å². The Balaban J connectivity index is 1.45. The highest BCUT2D eigenvalue weighted by Crippen LogP contribution is 2.42. The van der Waals surface area contributed by atoms with Crippen LogP contribution >= 0.6 is 11.7 Å². The van der Waals surface area contributed by atoms with E-state index < -0.39 is 23.9 Å². The first-order valence-corrected chi connectivity index (χ1v) is 9.76. The summed E-state index contributed by atoms with van der Waals surface area (Å²) in [5.74, 6) is -1.33. The van der Waals surface area contributed by atoms with Crippen molar-refractivity contribution in [3.8, 4) is 0 Å². The Hall–Kier alpha value is -2.87. The van der Waals surface area contributed by atoms with Gasteiger partial charge in [-0.15, -0.1) is 0 Å². The molecule has 4 rings (SSSR count). The molecule has 1 aliphatic carbocycles. The summed E-state index contributed by atoms with van der Waals surface area (Å²) in [6.45, 7) is -0.413. The van der Waals surface area contributed by atoms with Crippen LogP contribution in [0.25, 0.3) is 11.0 Å². The van der Waals surface area contributed by atoms with Crippen LogP contribution in [0.1, 0.15) is 31.2 Å². The Morgan fingerprint density at radius 2 is 1.93 bits per heavy atom. The summed E-state index contributed by atoms with van der Waals surface area (Å²) in [5, 5.41) is 2.71. The number of amides is 1. The van der Waals surface area contributed by atoms with E-state index in [0.717, 1.165) is 24.6 Å². The average molecular weight is 399 g/mol. The van der Waals surface area contributed by atoms with Crippen LogP contribution in [-0.2, 0) is 19.7 Å². The third-order valence-electron chi connectivity index (χ3n) is 5.12. The number of nitrogens with zero attached hydrogens (tertiary/aromatic N) is 2. The van der Waals surface area contributed by atoms with Crippen LogP contribution in [0.4, 0.5) is 10.1 Å². The molecule has 1 aromatic heterocycles. The molecule has 0 aliphatic heterocycles. The lowest BCUT2D eigenvalue weighted by Gasteiger charge is -2.27. The van der Waals surface area contributed by atoms with Gasteiger partial charge in [0, 0.05) is 0 Å². The molecule has 6 nitrogen and oxygen atoms in total. The number of hydrogen-bond donors (Lipinski definition) is 1. The minimum Gasteiger partial charge on any atom is -0.455 e. The molecule has 2 aromatic carbocycles. The second kappa shape index (κ2) is 7.63. The van der Waals surface area contributed by atoms with Gasteiger partial charge < -0.3 is 10.1 Å². The van der Waals surface area contributed by atoms with Crippen LogP contribution in [0.3, 0.4) is 0 Å². The lowest BCUT2D eigenvalue weighted by Crippen LogP contribution is -2.36. The van der Waals surface area contributed by atoms with E-state index in [1.165, 1.54) is 12.1 Å². The molecule has 1 aliphatic rings. The molecular formula is C20H18FN3O3S. The molecule has 28 heavy (non-hydrogen) atoms. The summed E-state index contributed by atoms with van der Waals surface area (Å²) >= 11 is 1.06. The summed E-state index contributed by atoms with van der Waals surface area (Å²) in [5.41, 5.74) is 1.53. The van der Waals surface area contributed by atoms with Crippen LogP contribution in [0.5, 0.6) is 0 Å². The predicted molar refractivity (Wildman–Crippen MR) is 104 cm³/mol. The molecule has 0 unspecified atom stereocenters. The van der Waals surface area contributed by atoms with Crippen molar-refractivity contribution in [2.45, 2.75) is 31.1 Å². The van der Waals surface area contributed by atoms with Crippen molar-refractivity contribution in [2.24, 2.45) is 0 Å². The second-order valence-corrected chi connectivity index (χ2v) is 7.39. The van der Waals surface area contributed by atoms with Gasteiger partial charge in [0.15, 0.2) is 6.61 Å². The quantitative estimate of drug-likeness (QED) is 0.660. The van der Waals surface area contributed by atoms with Gasteiger partial charge in [-0.2, -0.15) is 8.75 Å². The standard InChI is InChI=1S/C20H18FN3O3S/c21-14-6-3-5-13(11-14)20(9-1-2-10-20)19(26)27-12-17(25)22-15-7-4-8-16-18(15)24-28-23-16/h3-8,11H,1-2,9-10,12H2,(H,22,25). The number of fused-ring (bicyclic) bond motifs is 1. The molecule has 0 spiro atoms. The highest BCUT2D eigenvalue weighted by atomic mass is 32.1. The van der Waals surface area contributed by atoms with Gasteiger partial charge >= 0.3 is 5.97 Å². The Kier molecular flexibility index (Phi) is 5.04. The van der Waals surface area contributed by atoms with Gasteiger partial charge in [0.25, 0.3) is 5.91 Å². The molecule has 1 N–H and O–H groups in total. The third-order valence-corrected chi connectivity index (χ3v) is 5.66. The fourth-order valence-corrected chi connectivity index (χ4v) is 4.29. The number of carbonyl (C=O) groups excluding carboxylic acids is 2. The first kappa shape index (κ1) is 18.5. The molecule has 0 atom stereocenters. The minimum atomic E-state index is -0.888. The number of anilines is 1. The van der Waals surface area contributed by atoms with Gasteiger partial charge in [-0.05, 0) is 42.7 Å². The molecule has 1 saturated carbocycles. The first-order valence-electron chi connectivity index (χ1n) is 9.03. The van der Waals surface area contributed by atoms with E-state index in [4.69, 9.17) is 4.74 Å². The van der Waals surface area contributed by atoms with Gasteiger partial charge in [-0.1, -0.05) is 31.0 Å². The van der Waals surface area contributed by atoms with Crippen LogP contribution in [0.2, 0.25) is 0 Å². The number of rotatable bonds is 5. The van der Waals surface area contributed by atoms with Crippen molar-refractivity contribution in [2.75, 3.05) is 11.9 Å². The summed E-state index contributed by atoms with van der Waals surface area (Å²) in [6.07, 6.45) is 2.88. The molecule has 0 saturated heterocycles. The van der Waals surface area contributed by atoms with Gasteiger partial charge in [0.05, 0.1) is 22.8 Å². The van der Waals surface area contributed by atoms with Crippen LogP contribution in [0.15, 0.2) is 42.5 Å². The Morgan fingerprint density at radius 1 is 1.14 bits per heavy atom. The summed E-state index contributed by atoms with van der Waals surface area (Å²) in [7, 11) is 0. The van der Waals surface area contributed by atoms with Crippen molar-refractivity contribution < 1.29 is 18.7 Å². The first-order chi connectivity index (χ1) is 13.6. The number of esters is 1. The van der Waals surface area contributed by atoms with Gasteiger partial charge in [0.2, 0.25) is 0 Å². The van der Waals surface area contributed by atoms with Crippen molar-refractivity contribution in [1.82, 2.24) is 8.75 Å². The number of hydrogen-bond acceptors (Lipinski definition) is 6. The van der Waals surface area contributed by atoms with Gasteiger partial charge in [0.1, 0.15) is 16.9 Å². The van der Waals surface area contributed by atoms with Crippen molar-refractivity contribution in [3.63, 3.8) is 0 Å². The van der Waals surface area contributed by atoms with E-state index in [1.54, 1.807) is 30.3 Å². The lowest BCUT2D eigenvalue weighted by molar-refractivity contribution is -0.153. The molecule has 0 bridgehead atoms. The second-order valence-electron chi connectivity index (χ2n) is 6.86. The van der Waals surface area contributed by atoms with E-state index in [9.17, 15) is 14.0 Å². The van der Waals surface area contributed by atoms with Crippen molar-refractivity contribution in [3.05, 3.63) is 53.8 Å². The Bertz CT molecular complexity index is 1030. The maximum Gasteiger partial charge on any atom is 0.317 e. The fraction of sp³-hybridized carbons (Fsp3) is 0.300. The summed E-state index contributed by atoms with van der Waals surface area (Å²) < 4.78 is 27.3. The van der Waals surface area contributed by atoms with E-state index >= 15 is 0 Å². The maximum absolute atomic E-state index is 13.7. The number of benzene rings is 2. The molecular weight excluding hydrogens is 381 g/mol. The van der Waals surface area contributed by atoms with Crippen LogP contribution in [0, 0.1) is 5.82 Å². The topological polar surface area (TPSA) is 81.2 Å². The van der Waals surface area contributed by atoms with E-state index in [2.05, 4.69) is 14.1 Å². The third kappa shape index (κ3) is 3.47. The normalized spacial score (nSPS) is 15.5. The summed E-state index contributed by atoms with van der Waals surface area (Å²) in [6, 6.07) is 11.3. The minimum absolute atomic E-state index is 0.390. The number of halogens is 1. The fourth-order valence-electron chi connectivity index (χ4n) is 3.74. The highest BCUT2D eigenvalue weighted by Gasteiger charge is 2.44. The largest absolute Gasteiger partial charge is 0.455 e. The average Bonchev–Trinajstić information content (AvgIpc) is 3.37. The number of nitrogens with one attached hydrogen (secondary N) is 1. The zero-order valence-corrected chi connectivity index (χ0v) is 15.8. The molecule has 1 amide bonds. The smallest absolute Gasteiger partial charge is 0.317 e. The molecule has 8 heteroatoms. The van der Waals surface area contributed by atoms with E-state index in [1.807, 2.05) is 0 Å². The number of ether oxygens (including phenoxy) is 1. The molecule has 0 radical (unpaired) electrons. The molecule has 1 heterocycles. The zero-order chi connectivity index (χ0) is 19.6. The maximum atomic E-state index is 13.7. The van der Waals surface area contributed by atoms with E-state index in [-0.39, 0.29) is 5.82 Å². The lowest BCUT2D eigenvalue weighted by atomic mass is 9.79. The van der Waals surface area contributed by atoms with Gasteiger partial charge in [-0.25, -0.2) is 4.39 Å². The van der Waals surface area contributed by atoms with Crippen LogP contribution < -0.4 is 5.32 Å². The SMILES string of the molecule is O=C(COC(=O)C1(c2cccc(F)c2)CCCC1)Nc1cccc2nsnc12. The molecule has 144 valence electrons. The van der Waals surface area contributed by atoms with Crippen molar-refractivity contribution >= 4 is 40.3 Å². The number of carbonyl (C=O) groups is 2. The number of aromatic nitrogens is 2. The summed E-state index contributed by atoms with van der Waals surface area (Å²) in [4.78, 5) is 25.2. The van der Waals surface area contributed by atoms with Gasteiger partial charge in [-0.3, -0.25) is 9.59 Å². The molecule has 1 fully saturated rings. The van der Waals surface area contributed by atoms with E-state index in [0.29, 0.717) is 35.1 Å². The Morgan fingerprint density at radius 3 is 2.71 bits per heavy atom. The van der Waals surface area contributed by atoms with Crippen molar-refractivity contribution in [1.29, 1.82) is 0 Å². The molecule has 3 aromatic rings. The predicted octanol–water partition coefficient (Wildman–Crippen LogP) is 3.82. The monoisotopic (exact) mass is 399 g/mol. The Labute approximate surface area is 165 Å².